The number of hydrogen-bond donors (Lipinski definition) is 1. The lowest BCUT2D eigenvalue weighted by molar-refractivity contribution is 0.406. The molecule has 0 unspecified atom stereocenters. The minimum Gasteiger partial charge on any atom is -0.495 e. The Morgan fingerprint density at radius 1 is 1.50 bits per heavy atom. The van der Waals surface area contributed by atoms with E-state index < -0.39 is 5.82 Å². The zero-order valence-electron chi connectivity index (χ0n) is 8.33. The highest BCUT2D eigenvalue weighted by molar-refractivity contribution is 9.10. The molecule has 2 rings (SSSR count). The summed E-state index contributed by atoms with van der Waals surface area (Å²) in [6.07, 6.45) is 0. The highest BCUT2D eigenvalue weighted by Gasteiger charge is 2.16. The van der Waals surface area contributed by atoms with E-state index in [0.717, 1.165) is 0 Å². The van der Waals surface area contributed by atoms with Crippen molar-refractivity contribution in [2.45, 2.75) is 0 Å². The van der Waals surface area contributed by atoms with Gasteiger partial charge in [-0.15, -0.1) is 0 Å². The lowest BCUT2D eigenvalue weighted by atomic mass is 10.1. The summed E-state index contributed by atoms with van der Waals surface area (Å²) in [5.74, 6) is 0.420. The Morgan fingerprint density at radius 3 is 2.81 bits per heavy atom. The topological polar surface area (TPSA) is 61.3 Å². The van der Waals surface area contributed by atoms with Crippen molar-refractivity contribution in [3.63, 3.8) is 0 Å². The second-order valence-corrected chi connectivity index (χ2v) is 3.85. The van der Waals surface area contributed by atoms with Crippen LogP contribution in [0.2, 0.25) is 0 Å². The molecule has 0 aliphatic heterocycles. The summed E-state index contributed by atoms with van der Waals surface area (Å²) in [5.41, 5.74) is 5.67. The first kappa shape index (κ1) is 10.9. The van der Waals surface area contributed by atoms with Crippen molar-refractivity contribution >= 4 is 21.7 Å². The predicted molar refractivity (Wildman–Crippen MR) is 60.6 cm³/mol. The Labute approximate surface area is 99.3 Å². The van der Waals surface area contributed by atoms with Crippen molar-refractivity contribution in [1.29, 1.82) is 0 Å². The molecule has 1 aromatic heterocycles. The Kier molecular flexibility index (Phi) is 2.82. The molecule has 6 heteroatoms. The van der Waals surface area contributed by atoms with Gasteiger partial charge in [0.25, 0.3) is 0 Å². The Balaban J connectivity index is 2.55. The van der Waals surface area contributed by atoms with E-state index in [2.05, 4.69) is 21.1 Å². The summed E-state index contributed by atoms with van der Waals surface area (Å²) in [6.45, 7) is 0. The van der Waals surface area contributed by atoms with Gasteiger partial charge >= 0.3 is 0 Å². The third-order valence-electron chi connectivity index (χ3n) is 2.06. The molecule has 0 atom stereocenters. The van der Waals surface area contributed by atoms with Crippen molar-refractivity contribution in [1.82, 2.24) is 5.16 Å². The van der Waals surface area contributed by atoms with Crippen LogP contribution in [0.15, 0.2) is 27.2 Å². The van der Waals surface area contributed by atoms with Crippen LogP contribution in [0, 0.1) is 5.82 Å². The van der Waals surface area contributed by atoms with Crippen LogP contribution in [0.3, 0.4) is 0 Å². The minimum absolute atomic E-state index is 0.210. The van der Waals surface area contributed by atoms with Gasteiger partial charge in [-0.25, -0.2) is 4.39 Å². The molecule has 0 radical (unpaired) electrons. The SMILES string of the molecule is COc1ccc(-c2cc(N)no2)c(F)c1Br. The third kappa shape index (κ3) is 1.76. The van der Waals surface area contributed by atoms with Gasteiger partial charge in [0.05, 0.1) is 17.1 Å². The van der Waals surface area contributed by atoms with E-state index in [9.17, 15) is 4.39 Å². The number of nitrogens with two attached hydrogens (primary N) is 1. The van der Waals surface area contributed by atoms with E-state index in [1.807, 2.05) is 0 Å². The van der Waals surface area contributed by atoms with Gasteiger partial charge in [0, 0.05) is 6.07 Å². The number of ether oxygens (including phenoxy) is 1. The minimum atomic E-state index is -0.476. The van der Waals surface area contributed by atoms with Crippen LogP contribution in [0.5, 0.6) is 5.75 Å². The Hall–Kier alpha value is -1.56. The Morgan fingerprint density at radius 2 is 2.25 bits per heavy atom. The fourth-order valence-electron chi connectivity index (χ4n) is 1.30. The van der Waals surface area contributed by atoms with Crippen molar-refractivity contribution < 1.29 is 13.7 Å². The van der Waals surface area contributed by atoms with Gasteiger partial charge in [-0.3, -0.25) is 0 Å². The first-order chi connectivity index (χ1) is 7.63. The van der Waals surface area contributed by atoms with Gasteiger partial charge in [0.15, 0.2) is 17.4 Å². The van der Waals surface area contributed by atoms with Gasteiger partial charge in [-0.1, -0.05) is 5.16 Å². The largest absolute Gasteiger partial charge is 0.495 e. The van der Waals surface area contributed by atoms with Crippen LogP contribution in [0.25, 0.3) is 11.3 Å². The average molecular weight is 287 g/mol. The molecule has 2 aromatic rings. The molecule has 1 heterocycles. The van der Waals surface area contributed by atoms with Crippen molar-refractivity contribution in [3.05, 3.63) is 28.5 Å². The van der Waals surface area contributed by atoms with E-state index in [-0.39, 0.29) is 21.6 Å². The van der Waals surface area contributed by atoms with Gasteiger partial charge in [-0.05, 0) is 28.1 Å². The maximum Gasteiger partial charge on any atom is 0.172 e. The monoisotopic (exact) mass is 286 g/mol. The summed E-state index contributed by atoms with van der Waals surface area (Å²) in [4.78, 5) is 0. The first-order valence-electron chi connectivity index (χ1n) is 4.38. The summed E-state index contributed by atoms with van der Waals surface area (Å²) < 4.78 is 24.0. The second-order valence-electron chi connectivity index (χ2n) is 3.06. The molecule has 0 saturated carbocycles. The quantitative estimate of drug-likeness (QED) is 0.922. The number of rotatable bonds is 2. The van der Waals surface area contributed by atoms with Gasteiger partial charge in [0.1, 0.15) is 5.75 Å². The molecule has 0 spiro atoms. The molecule has 2 N–H and O–H groups in total. The van der Waals surface area contributed by atoms with Crippen LogP contribution in [0.4, 0.5) is 10.2 Å². The number of aromatic nitrogens is 1. The molecule has 0 amide bonds. The number of hydrogen-bond acceptors (Lipinski definition) is 4. The maximum absolute atomic E-state index is 13.9. The number of halogens is 2. The van der Waals surface area contributed by atoms with Crippen molar-refractivity contribution in [2.75, 3.05) is 12.8 Å². The van der Waals surface area contributed by atoms with E-state index in [0.29, 0.717) is 5.75 Å². The highest BCUT2D eigenvalue weighted by atomic mass is 79.9. The molecule has 0 bridgehead atoms. The van der Waals surface area contributed by atoms with Gasteiger partial charge < -0.3 is 15.0 Å². The number of nitrogens with zero attached hydrogens (tertiary/aromatic N) is 1. The van der Waals surface area contributed by atoms with Crippen LogP contribution >= 0.6 is 15.9 Å². The summed E-state index contributed by atoms with van der Waals surface area (Å²) in [5, 5.41) is 3.50. The van der Waals surface area contributed by atoms with Gasteiger partial charge in [0.2, 0.25) is 0 Å². The van der Waals surface area contributed by atoms with Crippen LogP contribution in [0.1, 0.15) is 0 Å². The first-order valence-corrected chi connectivity index (χ1v) is 5.17. The Bertz CT molecular complexity index is 528. The van der Waals surface area contributed by atoms with E-state index in [1.165, 1.54) is 13.2 Å². The normalized spacial score (nSPS) is 10.4. The predicted octanol–water partition coefficient (Wildman–Crippen LogP) is 2.83. The van der Waals surface area contributed by atoms with Crippen molar-refractivity contribution in [3.8, 4) is 17.1 Å². The lowest BCUT2D eigenvalue weighted by Gasteiger charge is -2.06. The molecular weight excluding hydrogens is 279 g/mol. The zero-order valence-corrected chi connectivity index (χ0v) is 9.92. The fraction of sp³-hybridized carbons (Fsp3) is 0.100. The lowest BCUT2D eigenvalue weighted by Crippen LogP contribution is -1.90. The number of benzene rings is 1. The molecule has 1 aromatic carbocycles. The van der Waals surface area contributed by atoms with E-state index >= 15 is 0 Å². The highest BCUT2D eigenvalue weighted by Crippen LogP contribution is 2.34. The van der Waals surface area contributed by atoms with Crippen LogP contribution < -0.4 is 10.5 Å². The van der Waals surface area contributed by atoms with E-state index in [4.69, 9.17) is 15.0 Å². The van der Waals surface area contributed by atoms with Crippen LogP contribution in [-0.4, -0.2) is 12.3 Å². The smallest absolute Gasteiger partial charge is 0.172 e. The van der Waals surface area contributed by atoms with Crippen molar-refractivity contribution in [2.24, 2.45) is 0 Å². The summed E-state index contributed by atoms with van der Waals surface area (Å²) >= 11 is 3.10. The van der Waals surface area contributed by atoms with E-state index in [1.54, 1.807) is 12.1 Å². The number of anilines is 1. The molecule has 0 aliphatic rings. The molecule has 84 valence electrons. The fourth-order valence-corrected chi connectivity index (χ4v) is 1.80. The van der Waals surface area contributed by atoms with Crippen LogP contribution in [-0.2, 0) is 0 Å². The standard InChI is InChI=1S/C10H8BrFN2O2/c1-15-6-3-2-5(10(12)9(6)11)7-4-8(13)14-16-7/h2-4H,1H3,(H2,13,14). The average Bonchev–Trinajstić information content (AvgIpc) is 2.69. The summed E-state index contributed by atoms with van der Waals surface area (Å²) in [6, 6.07) is 4.62. The number of nitrogen functional groups attached to an aromatic ring is 1. The maximum atomic E-state index is 13.9. The molecule has 0 saturated heterocycles. The molecule has 0 fully saturated rings. The number of methoxy groups -OCH3 is 1. The second kappa shape index (κ2) is 4.13. The van der Waals surface area contributed by atoms with Gasteiger partial charge in [-0.2, -0.15) is 0 Å². The molecule has 0 aliphatic carbocycles. The third-order valence-corrected chi connectivity index (χ3v) is 2.80. The molecule has 16 heavy (non-hydrogen) atoms. The zero-order chi connectivity index (χ0) is 11.7. The molecule has 4 nitrogen and oxygen atoms in total. The molecular formula is C10H8BrFN2O2. The summed E-state index contributed by atoms with van der Waals surface area (Å²) in [7, 11) is 1.46.